The van der Waals surface area contributed by atoms with Gasteiger partial charge in [0, 0.05) is 37.0 Å². The number of carboxylic acids is 1. The van der Waals surface area contributed by atoms with Gasteiger partial charge in [0.25, 0.3) is 11.8 Å². The summed E-state index contributed by atoms with van der Waals surface area (Å²) in [7, 11) is 1.79. The minimum absolute atomic E-state index is 0.0497. The second-order valence-electron chi connectivity index (χ2n) is 15.1. The fourth-order valence-electron chi connectivity index (χ4n) is 8.88. The van der Waals surface area contributed by atoms with Gasteiger partial charge in [-0.15, -0.1) is 0 Å². The van der Waals surface area contributed by atoms with Crippen molar-refractivity contribution >= 4 is 56.0 Å². The van der Waals surface area contributed by atoms with Gasteiger partial charge in [-0.3, -0.25) is 14.9 Å². The van der Waals surface area contributed by atoms with Crippen molar-refractivity contribution in [2.24, 2.45) is 11.8 Å². The number of hydrogen-bond donors (Lipinski definition) is 2. The van der Waals surface area contributed by atoms with E-state index in [4.69, 9.17) is 9.72 Å². The van der Waals surface area contributed by atoms with E-state index >= 15 is 0 Å². The zero-order chi connectivity index (χ0) is 37.0. The van der Waals surface area contributed by atoms with E-state index < -0.39 is 11.6 Å². The maximum Gasteiger partial charge on any atom is 0.355 e. The Labute approximate surface area is 312 Å². The second-order valence-corrected chi connectivity index (χ2v) is 16.1. The summed E-state index contributed by atoms with van der Waals surface area (Å²) in [4.78, 5) is 53.7. The van der Waals surface area contributed by atoms with Gasteiger partial charge in [0.1, 0.15) is 11.4 Å². The van der Waals surface area contributed by atoms with Crippen LogP contribution >= 0.6 is 11.3 Å². The van der Waals surface area contributed by atoms with Gasteiger partial charge in [-0.1, -0.05) is 61.6 Å². The summed E-state index contributed by atoms with van der Waals surface area (Å²) in [5.41, 5.74) is 5.09. The van der Waals surface area contributed by atoms with Gasteiger partial charge in [-0.05, 0) is 110 Å². The summed E-state index contributed by atoms with van der Waals surface area (Å²) < 4.78 is 7.50. The number of carboxylic acid groups (broad SMARTS) is 1. The molecule has 272 valence electrons. The highest BCUT2D eigenvalue weighted by atomic mass is 32.1. The topological polar surface area (TPSA) is 125 Å². The molecule has 11 heteroatoms. The van der Waals surface area contributed by atoms with Crippen molar-refractivity contribution in [3.8, 4) is 11.1 Å². The number of amides is 2. The predicted octanol–water partition coefficient (Wildman–Crippen LogP) is 8.13. The Balaban J connectivity index is 1.06. The van der Waals surface area contributed by atoms with Gasteiger partial charge >= 0.3 is 5.97 Å². The zero-order valence-corrected chi connectivity index (χ0v) is 31.2. The molecule has 10 nitrogen and oxygen atoms in total. The van der Waals surface area contributed by atoms with Crippen molar-refractivity contribution in [2.45, 2.75) is 71.1 Å². The van der Waals surface area contributed by atoms with Crippen LogP contribution in [0.25, 0.3) is 21.3 Å². The highest BCUT2D eigenvalue weighted by Crippen LogP contribution is 2.46. The third-order valence-corrected chi connectivity index (χ3v) is 12.1. The van der Waals surface area contributed by atoms with E-state index in [2.05, 4.69) is 24.1 Å². The van der Waals surface area contributed by atoms with Gasteiger partial charge in [0.15, 0.2) is 10.8 Å². The van der Waals surface area contributed by atoms with E-state index in [9.17, 15) is 19.5 Å². The average molecular weight is 730 g/mol. The predicted molar refractivity (Wildman–Crippen MR) is 208 cm³/mol. The number of likely N-dealkylation sites (N-methyl/N-ethyl adjacent to an activating group) is 1. The number of nitrogens with one attached hydrogen (secondary N) is 1. The van der Waals surface area contributed by atoms with Crippen LogP contribution in [-0.4, -0.2) is 58.2 Å². The molecule has 2 amide bonds. The van der Waals surface area contributed by atoms with Gasteiger partial charge in [-0.25, -0.2) is 14.8 Å². The molecule has 2 N–H and O–H groups in total. The smallest absolute Gasteiger partial charge is 0.355 e. The Morgan fingerprint density at radius 3 is 2.45 bits per heavy atom. The monoisotopic (exact) mass is 729 g/mol. The maximum atomic E-state index is 14.3. The SMILES string of the molecule is Cc1c(-c2ccc(N3CCc4cccc(C(=O)Nc5nc6ccccc6s5)c4C3)nc2C(=O)O)cccc1N(C)C(=O)C12CC(C)CC(CC(C)C1)O2. The Morgan fingerprint density at radius 2 is 1.70 bits per heavy atom. The Bertz CT molecular complexity index is 2220. The maximum absolute atomic E-state index is 14.3. The Morgan fingerprint density at radius 1 is 0.943 bits per heavy atom. The van der Waals surface area contributed by atoms with Crippen LogP contribution in [0, 0.1) is 18.8 Å². The van der Waals surface area contributed by atoms with Crippen molar-refractivity contribution in [1.29, 1.82) is 0 Å². The summed E-state index contributed by atoms with van der Waals surface area (Å²) in [5, 5.41) is 14.0. The van der Waals surface area contributed by atoms with E-state index in [-0.39, 0.29) is 23.6 Å². The zero-order valence-electron chi connectivity index (χ0n) is 30.4. The first kappa shape index (κ1) is 34.9. The first-order chi connectivity index (χ1) is 25.5. The lowest BCUT2D eigenvalue weighted by atomic mass is 9.72. The van der Waals surface area contributed by atoms with Gasteiger partial charge in [-0.2, -0.15) is 0 Å². The molecule has 8 rings (SSSR count). The molecular weight excluding hydrogens is 687 g/mol. The number of nitrogens with zero attached hydrogens (tertiary/aromatic N) is 4. The van der Waals surface area contributed by atoms with Gasteiger partial charge in [0.2, 0.25) is 0 Å². The van der Waals surface area contributed by atoms with E-state index in [1.165, 1.54) is 11.3 Å². The van der Waals surface area contributed by atoms with Gasteiger partial charge < -0.3 is 19.6 Å². The fraction of sp³-hybridized carbons (Fsp3) is 0.357. The summed E-state index contributed by atoms with van der Waals surface area (Å²) in [6, 6.07) is 22.8. The summed E-state index contributed by atoms with van der Waals surface area (Å²) in [5.74, 6) is -0.118. The van der Waals surface area contributed by atoms with Crippen LogP contribution in [0.5, 0.6) is 0 Å². The highest BCUT2D eigenvalue weighted by Gasteiger charge is 2.51. The third-order valence-electron chi connectivity index (χ3n) is 11.2. The molecule has 0 aliphatic carbocycles. The summed E-state index contributed by atoms with van der Waals surface area (Å²) in [6.45, 7) is 7.34. The number of aromatic carboxylic acids is 1. The standard InChI is InChI=1S/C42H43N5O5S/c1-24-19-28-20-25(2)22-42(21-24,52-28)40(51)46(4)34-13-8-10-29(26(34)3)30-15-16-36(44-37(30)39(49)50)47-18-17-27-9-7-11-31(32(27)23-47)38(48)45-41-43-33-12-5-6-14-35(33)53-41/h5-16,24-25,28H,17-23H2,1-4H3,(H,49,50)(H,43,45,48). The molecule has 3 aromatic carbocycles. The number of ether oxygens (including phenoxy) is 1. The first-order valence-corrected chi connectivity index (χ1v) is 19.1. The van der Waals surface area contributed by atoms with Crippen molar-refractivity contribution in [3.63, 3.8) is 0 Å². The van der Waals surface area contributed by atoms with Crippen molar-refractivity contribution in [1.82, 2.24) is 9.97 Å². The second kappa shape index (κ2) is 13.7. The van der Waals surface area contributed by atoms with Crippen LogP contribution in [0.15, 0.2) is 72.8 Å². The van der Waals surface area contributed by atoms with Crippen LogP contribution in [0.3, 0.4) is 0 Å². The molecule has 2 aromatic heterocycles. The van der Waals surface area contributed by atoms with Crippen molar-refractivity contribution in [3.05, 3.63) is 101 Å². The number of anilines is 3. The Kier molecular flexibility index (Phi) is 9.02. The molecule has 0 saturated carbocycles. The lowest BCUT2D eigenvalue weighted by Crippen LogP contribution is -2.58. The highest BCUT2D eigenvalue weighted by molar-refractivity contribution is 7.22. The summed E-state index contributed by atoms with van der Waals surface area (Å²) in [6.07, 6.45) is 4.11. The molecule has 0 radical (unpaired) electrons. The van der Waals surface area contributed by atoms with Crippen molar-refractivity contribution < 1.29 is 24.2 Å². The molecule has 2 unspecified atom stereocenters. The van der Waals surface area contributed by atoms with Crippen molar-refractivity contribution in [2.75, 3.05) is 28.7 Å². The third kappa shape index (κ3) is 6.46. The normalized spacial score (nSPS) is 22.3. The number of hydrogen-bond acceptors (Lipinski definition) is 8. The van der Waals surface area contributed by atoms with Crippen LogP contribution in [0.4, 0.5) is 16.6 Å². The lowest BCUT2D eigenvalue weighted by Gasteiger charge is -2.49. The molecule has 2 atom stereocenters. The molecule has 2 bridgehead atoms. The summed E-state index contributed by atoms with van der Waals surface area (Å²) >= 11 is 1.43. The average Bonchev–Trinajstić information content (AvgIpc) is 3.55. The first-order valence-electron chi connectivity index (χ1n) is 18.3. The number of benzene rings is 3. The molecule has 2 fully saturated rings. The molecule has 3 aliphatic rings. The van der Waals surface area contributed by atoms with Crippen LogP contribution < -0.4 is 15.1 Å². The molecule has 5 heterocycles. The molecule has 2 saturated heterocycles. The number of fused-ring (bicyclic) bond motifs is 4. The van der Waals surface area contributed by atoms with Crippen LogP contribution in [0.1, 0.15) is 77.1 Å². The molecule has 53 heavy (non-hydrogen) atoms. The minimum atomic E-state index is -1.14. The largest absolute Gasteiger partial charge is 0.476 e. The van der Waals surface area contributed by atoms with E-state index in [0.717, 1.165) is 39.7 Å². The lowest BCUT2D eigenvalue weighted by molar-refractivity contribution is -0.193. The minimum Gasteiger partial charge on any atom is -0.476 e. The molecule has 3 aliphatic heterocycles. The number of carbonyl (C=O) groups excluding carboxylic acids is 2. The van der Waals surface area contributed by atoms with E-state index in [1.807, 2.05) is 78.6 Å². The van der Waals surface area contributed by atoms with E-state index in [0.29, 0.717) is 77.5 Å². The Hall–Kier alpha value is -5.13. The number of carbonyl (C=O) groups is 3. The van der Waals surface area contributed by atoms with Crippen LogP contribution in [-0.2, 0) is 22.5 Å². The number of para-hydroxylation sites is 1. The number of pyridine rings is 1. The van der Waals surface area contributed by atoms with E-state index in [1.54, 1.807) is 18.0 Å². The van der Waals surface area contributed by atoms with Crippen LogP contribution in [0.2, 0.25) is 0 Å². The molecule has 0 spiro atoms. The van der Waals surface area contributed by atoms with Gasteiger partial charge in [0.05, 0.1) is 16.3 Å². The number of aromatic nitrogens is 2. The fourth-order valence-corrected chi connectivity index (χ4v) is 9.75. The molecular formula is C42H43N5O5S. The number of rotatable bonds is 7. The quantitative estimate of drug-likeness (QED) is 0.172. The number of thiazole rings is 1. The molecule has 5 aromatic rings.